The Balaban J connectivity index is 1.18. The minimum atomic E-state index is -1.75. The molecule has 1 heterocycles. The third kappa shape index (κ3) is 8.13. The molecule has 44 heavy (non-hydrogen) atoms. The van der Waals surface area contributed by atoms with E-state index in [1.165, 1.54) is 10.4 Å². The van der Waals surface area contributed by atoms with Gasteiger partial charge in [0.2, 0.25) is 5.03 Å². The van der Waals surface area contributed by atoms with Crippen molar-refractivity contribution >= 4 is 59.5 Å². The van der Waals surface area contributed by atoms with E-state index in [9.17, 15) is 19.2 Å². The predicted molar refractivity (Wildman–Crippen MR) is 177 cm³/mol. The van der Waals surface area contributed by atoms with Gasteiger partial charge in [0.1, 0.15) is 23.7 Å². The van der Waals surface area contributed by atoms with Gasteiger partial charge in [0.15, 0.2) is 17.3 Å². The van der Waals surface area contributed by atoms with E-state index in [-0.39, 0.29) is 12.2 Å². The van der Waals surface area contributed by atoms with Crippen LogP contribution in [0.1, 0.15) is 32.6 Å². The molecule has 0 amide bonds. The molecular formula is C34H29ClN2O5S2. The number of thiol groups is 1. The van der Waals surface area contributed by atoms with Crippen LogP contribution in [0.2, 0.25) is 5.02 Å². The number of hydrogen-bond acceptors (Lipinski definition) is 7. The average Bonchev–Trinajstić information content (AvgIpc) is 3.31. The van der Waals surface area contributed by atoms with Crippen molar-refractivity contribution in [3.05, 3.63) is 147 Å². The van der Waals surface area contributed by atoms with Crippen LogP contribution >= 0.6 is 24.2 Å². The number of allylic oxidation sites excluding steroid dienone is 1. The number of nitrogens with one attached hydrogen (secondary N) is 1. The molecule has 3 atom stereocenters. The van der Waals surface area contributed by atoms with Gasteiger partial charge < -0.3 is 19.7 Å². The summed E-state index contributed by atoms with van der Waals surface area (Å²) < 4.78 is 20.4. The maximum absolute atomic E-state index is 13.3. The van der Waals surface area contributed by atoms with Crippen molar-refractivity contribution in [1.29, 1.82) is 0 Å². The second-order valence-corrected chi connectivity index (χ2v) is 12.3. The molecule has 5 rings (SSSR count). The van der Waals surface area contributed by atoms with E-state index < -0.39 is 28.9 Å². The van der Waals surface area contributed by atoms with Gasteiger partial charge in [-0.1, -0.05) is 88.7 Å². The summed E-state index contributed by atoms with van der Waals surface area (Å²) in [4.78, 5) is 24.8. The van der Waals surface area contributed by atoms with Crippen molar-refractivity contribution in [2.45, 2.75) is 24.6 Å². The SMILES string of the molecule is O=C(/C=C/c1ccc(/C=C2/N[C@H](S)N(C(Cc3ccccc3)C(=O)O)[S+]2[O-])cc1)c1ccc(OCc2ccc(Cl)cc2)cc1. The van der Waals surface area contributed by atoms with Crippen molar-refractivity contribution < 1.29 is 24.0 Å². The van der Waals surface area contributed by atoms with Gasteiger partial charge in [-0.3, -0.25) is 9.59 Å². The number of carboxylic acids is 1. The normalized spacial score (nSPS) is 18.3. The smallest absolute Gasteiger partial charge is 0.326 e. The third-order valence-electron chi connectivity index (χ3n) is 6.88. The number of nitrogens with zero attached hydrogens (tertiary/aromatic N) is 1. The fourth-order valence-corrected chi connectivity index (χ4v) is 6.61. The molecule has 224 valence electrons. The van der Waals surface area contributed by atoms with Gasteiger partial charge in [-0.15, -0.1) is 12.6 Å². The summed E-state index contributed by atoms with van der Waals surface area (Å²) in [6.45, 7) is 0.396. The second kappa shape index (κ2) is 14.7. The van der Waals surface area contributed by atoms with Crippen LogP contribution in [0, 0.1) is 0 Å². The average molecular weight is 645 g/mol. The molecule has 0 saturated carbocycles. The van der Waals surface area contributed by atoms with Gasteiger partial charge >= 0.3 is 5.97 Å². The summed E-state index contributed by atoms with van der Waals surface area (Å²) in [5.74, 6) is -0.562. The molecule has 1 saturated heterocycles. The Kier molecular flexibility index (Phi) is 10.5. The number of benzene rings is 4. The monoisotopic (exact) mass is 644 g/mol. The zero-order valence-electron chi connectivity index (χ0n) is 23.4. The summed E-state index contributed by atoms with van der Waals surface area (Å²) in [7, 11) is 0. The number of halogens is 1. The van der Waals surface area contributed by atoms with Crippen molar-refractivity contribution in [3.63, 3.8) is 0 Å². The minimum absolute atomic E-state index is 0.144. The van der Waals surface area contributed by atoms with Gasteiger partial charge in [0.25, 0.3) is 0 Å². The summed E-state index contributed by atoms with van der Waals surface area (Å²) in [6.07, 6.45) is 5.13. The lowest BCUT2D eigenvalue weighted by atomic mass is 10.1. The van der Waals surface area contributed by atoms with E-state index in [4.69, 9.17) is 16.3 Å². The Morgan fingerprint density at radius 3 is 2.27 bits per heavy atom. The van der Waals surface area contributed by atoms with Crippen LogP contribution < -0.4 is 10.1 Å². The number of carboxylic acid groups (broad SMARTS) is 1. The number of carbonyl (C=O) groups excluding carboxylic acids is 1. The maximum Gasteiger partial charge on any atom is 0.326 e. The fraction of sp³-hybridized carbons (Fsp3) is 0.118. The van der Waals surface area contributed by atoms with Crippen molar-refractivity contribution in [2.24, 2.45) is 0 Å². The van der Waals surface area contributed by atoms with E-state index in [2.05, 4.69) is 17.9 Å². The number of ether oxygens (including phenoxy) is 1. The molecule has 0 aromatic heterocycles. The molecule has 7 nitrogen and oxygen atoms in total. The van der Waals surface area contributed by atoms with E-state index in [0.29, 0.717) is 28.0 Å². The largest absolute Gasteiger partial charge is 0.591 e. The van der Waals surface area contributed by atoms with Crippen molar-refractivity contribution in [3.8, 4) is 5.75 Å². The molecule has 1 aliphatic rings. The Morgan fingerprint density at radius 1 is 0.955 bits per heavy atom. The summed E-state index contributed by atoms with van der Waals surface area (Å²) >= 11 is 8.63. The molecule has 4 aromatic carbocycles. The van der Waals surface area contributed by atoms with Crippen molar-refractivity contribution in [2.75, 3.05) is 0 Å². The molecule has 2 N–H and O–H groups in total. The molecule has 10 heteroatoms. The number of ketones is 1. The molecule has 4 aromatic rings. The molecule has 0 spiro atoms. The quantitative estimate of drug-likeness (QED) is 0.0733. The molecule has 2 unspecified atom stereocenters. The van der Waals surface area contributed by atoms with Crippen LogP contribution in [-0.4, -0.2) is 37.3 Å². The third-order valence-corrected chi connectivity index (χ3v) is 9.12. The summed E-state index contributed by atoms with van der Waals surface area (Å²) in [5.41, 5.74) is 3.19. The van der Waals surface area contributed by atoms with E-state index in [1.54, 1.807) is 36.4 Å². The van der Waals surface area contributed by atoms with Gasteiger partial charge in [-0.25, -0.2) is 0 Å². The van der Waals surface area contributed by atoms with Crippen LogP contribution in [0.15, 0.2) is 114 Å². The number of rotatable bonds is 11. The molecule has 0 aliphatic carbocycles. The summed E-state index contributed by atoms with van der Waals surface area (Å²) in [5, 5.41) is 14.0. The highest BCUT2D eigenvalue weighted by atomic mass is 35.5. The number of carbonyl (C=O) groups is 2. The highest BCUT2D eigenvalue weighted by molar-refractivity contribution is 7.94. The first-order chi connectivity index (χ1) is 21.3. The van der Waals surface area contributed by atoms with Gasteiger partial charge in [-0.05, 0) is 64.7 Å². The van der Waals surface area contributed by atoms with E-state index in [0.717, 1.165) is 22.3 Å². The van der Waals surface area contributed by atoms with Crippen LogP contribution in [0.3, 0.4) is 0 Å². The number of aliphatic carboxylic acids is 1. The summed E-state index contributed by atoms with van der Waals surface area (Å²) in [6, 6.07) is 29.9. The van der Waals surface area contributed by atoms with Gasteiger partial charge in [0.05, 0.1) is 0 Å². The highest BCUT2D eigenvalue weighted by Gasteiger charge is 2.47. The molecule has 1 fully saturated rings. The van der Waals surface area contributed by atoms with Crippen LogP contribution in [0.25, 0.3) is 12.2 Å². The fourth-order valence-electron chi connectivity index (χ4n) is 4.53. The lowest BCUT2D eigenvalue weighted by Gasteiger charge is -2.24. The molecule has 1 aliphatic heterocycles. The van der Waals surface area contributed by atoms with Gasteiger partial charge in [0, 0.05) is 23.1 Å². The lowest BCUT2D eigenvalue weighted by Crippen LogP contribution is -2.47. The van der Waals surface area contributed by atoms with Crippen LogP contribution in [0.4, 0.5) is 0 Å². The number of hydrogen-bond donors (Lipinski definition) is 3. The van der Waals surface area contributed by atoms with Crippen molar-refractivity contribution in [1.82, 2.24) is 9.62 Å². The van der Waals surface area contributed by atoms with Crippen LogP contribution in [-0.2, 0) is 29.2 Å². The zero-order chi connectivity index (χ0) is 31.1. The topological polar surface area (TPSA) is 102 Å². The highest BCUT2D eigenvalue weighted by Crippen LogP contribution is 2.30. The molecule has 0 bridgehead atoms. The van der Waals surface area contributed by atoms with E-state index in [1.807, 2.05) is 78.9 Å². The first-order valence-corrected chi connectivity index (χ1v) is 15.7. The Labute approximate surface area is 269 Å². The first kappa shape index (κ1) is 31.4. The first-order valence-electron chi connectivity index (χ1n) is 13.7. The standard InChI is InChI=1S/C34H29ClN2O5S2/c35-28-15-10-26(11-16-28)22-42-29-17-13-27(14-18-29)31(38)19-12-23-6-8-25(9-7-23)21-32-36-34(43)37(44(32)41)30(33(39)40)20-24-4-2-1-3-5-24/h1-19,21,30,34,36,43H,20,22H2,(H,39,40)/b19-12+,32-21-/t30?,34-,44?/m0/s1. The Bertz CT molecular complexity index is 1650. The Morgan fingerprint density at radius 2 is 1.61 bits per heavy atom. The van der Waals surface area contributed by atoms with E-state index >= 15 is 0 Å². The second-order valence-electron chi connectivity index (χ2n) is 9.98. The van der Waals surface area contributed by atoms with Crippen LogP contribution in [0.5, 0.6) is 5.75 Å². The lowest BCUT2D eigenvalue weighted by molar-refractivity contribution is -0.141. The molecular weight excluding hydrogens is 616 g/mol. The van der Waals surface area contributed by atoms with Gasteiger partial charge in [-0.2, -0.15) is 0 Å². The molecule has 0 radical (unpaired) electrons. The maximum atomic E-state index is 13.3. The minimum Gasteiger partial charge on any atom is -0.591 e. The Hall–Kier alpha value is -3.99. The zero-order valence-corrected chi connectivity index (χ0v) is 25.8. The predicted octanol–water partition coefficient (Wildman–Crippen LogP) is 6.59.